The smallest absolute Gasteiger partial charge is 0.219 e. The highest BCUT2D eigenvalue weighted by Crippen LogP contribution is 2.30. The molecule has 0 saturated carbocycles. The number of amides is 1. The van der Waals surface area contributed by atoms with Crippen molar-refractivity contribution in [3.63, 3.8) is 0 Å². The van der Waals surface area contributed by atoms with Gasteiger partial charge in [-0.05, 0) is 37.3 Å². The summed E-state index contributed by atoms with van der Waals surface area (Å²) in [5.41, 5.74) is 4.27. The average molecular weight is 247 g/mol. The number of aromatic nitrogens is 1. The van der Waals surface area contributed by atoms with Crippen molar-refractivity contribution in [3.8, 4) is 0 Å². The lowest BCUT2D eigenvalue weighted by atomic mass is 10.00. The molecule has 4 heteroatoms. The van der Waals surface area contributed by atoms with Crippen LogP contribution in [-0.4, -0.2) is 34.9 Å². The molecule has 3 rings (SSSR count). The summed E-state index contributed by atoms with van der Waals surface area (Å²) in [6.07, 6.45) is 5.75. The molecule has 2 unspecified atom stereocenters. The molecule has 1 aromatic rings. The van der Waals surface area contributed by atoms with Crippen molar-refractivity contribution in [1.29, 1.82) is 0 Å². The predicted molar refractivity (Wildman–Crippen MR) is 70.4 cm³/mol. The minimum Gasteiger partial charge on any atom is -0.364 e. The second kappa shape index (κ2) is 4.43. The quantitative estimate of drug-likeness (QED) is 0.787. The van der Waals surface area contributed by atoms with Crippen molar-refractivity contribution in [2.24, 2.45) is 0 Å². The lowest BCUT2D eigenvalue weighted by Crippen LogP contribution is -2.52. The van der Waals surface area contributed by atoms with Crippen LogP contribution in [0.4, 0.5) is 0 Å². The van der Waals surface area contributed by atoms with Crippen molar-refractivity contribution in [1.82, 2.24) is 15.2 Å². The van der Waals surface area contributed by atoms with E-state index in [1.807, 2.05) is 4.90 Å². The maximum absolute atomic E-state index is 11.6. The molecule has 2 heterocycles. The normalized spacial score (nSPS) is 27.3. The van der Waals surface area contributed by atoms with Gasteiger partial charge in [0.05, 0.1) is 6.04 Å². The summed E-state index contributed by atoms with van der Waals surface area (Å²) >= 11 is 0. The number of piperazine rings is 1. The fourth-order valence-electron chi connectivity index (χ4n) is 3.30. The summed E-state index contributed by atoms with van der Waals surface area (Å²) in [4.78, 5) is 16.9. The third-order valence-electron chi connectivity index (χ3n) is 4.17. The maximum atomic E-state index is 11.6. The van der Waals surface area contributed by atoms with E-state index >= 15 is 0 Å². The van der Waals surface area contributed by atoms with Crippen molar-refractivity contribution in [2.75, 3.05) is 13.1 Å². The number of carbonyl (C=O) groups is 1. The fourth-order valence-corrected chi connectivity index (χ4v) is 3.30. The van der Waals surface area contributed by atoms with E-state index in [2.05, 4.69) is 23.4 Å². The Hall–Kier alpha value is -1.29. The van der Waals surface area contributed by atoms with Gasteiger partial charge in [-0.25, -0.2) is 0 Å². The van der Waals surface area contributed by atoms with Crippen molar-refractivity contribution < 1.29 is 4.79 Å². The first kappa shape index (κ1) is 11.8. The van der Waals surface area contributed by atoms with Crippen LogP contribution in [0.5, 0.6) is 0 Å². The molecule has 4 nitrogen and oxygen atoms in total. The van der Waals surface area contributed by atoms with Gasteiger partial charge in [0.1, 0.15) is 0 Å². The molecule has 2 N–H and O–H groups in total. The molecule has 0 spiro atoms. The first-order valence-electron chi connectivity index (χ1n) is 6.85. The summed E-state index contributed by atoms with van der Waals surface area (Å²) in [6.45, 7) is 5.42. The molecule has 18 heavy (non-hydrogen) atoms. The number of rotatable bonds is 1. The van der Waals surface area contributed by atoms with Crippen molar-refractivity contribution in [2.45, 2.75) is 45.2 Å². The Morgan fingerprint density at radius 1 is 1.39 bits per heavy atom. The molecule has 98 valence electrons. The second-order valence-electron chi connectivity index (χ2n) is 5.60. The van der Waals surface area contributed by atoms with Gasteiger partial charge in [-0.3, -0.25) is 4.79 Å². The number of hydrogen-bond donors (Lipinski definition) is 2. The zero-order valence-electron chi connectivity index (χ0n) is 11.1. The summed E-state index contributed by atoms with van der Waals surface area (Å²) in [6, 6.07) is 0.648. The van der Waals surface area contributed by atoms with E-state index in [4.69, 9.17) is 0 Å². The largest absolute Gasteiger partial charge is 0.364 e. The number of aromatic amines is 1. The highest BCUT2D eigenvalue weighted by atomic mass is 16.2. The highest BCUT2D eigenvalue weighted by molar-refractivity contribution is 5.73. The van der Waals surface area contributed by atoms with Gasteiger partial charge < -0.3 is 15.2 Å². The lowest BCUT2D eigenvalue weighted by Gasteiger charge is -2.37. The van der Waals surface area contributed by atoms with Gasteiger partial charge in [0.25, 0.3) is 0 Å². The van der Waals surface area contributed by atoms with Crippen LogP contribution in [-0.2, 0) is 17.6 Å². The third-order valence-corrected chi connectivity index (χ3v) is 4.17. The Kier molecular flexibility index (Phi) is 2.90. The summed E-state index contributed by atoms with van der Waals surface area (Å²) < 4.78 is 0. The number of nitrogens with zero attached hydrogens (tertiary/aromatic N) is 1. The van der Waals surface area contributed by atoms with Gasteiger partial charge in [-0.2, -0.15) is 0 Å². The van der Waals surface area contributed by atoms with Crippen LogP contribution < -0.4 is 5.32 Å². The minimum atomic E-state index is 0.181. The number of fused-ring (bicyclic) bond motifs is 1. The van der Waals surface area contributed by atoms with Crippen LogP contribution in [0.25, 0.3) is 0 Å². The van der Waals surface area contributed by atoms with Crippen molar-refractivity contribution >= 4 is 5.91 Å². The number of carbonyl (C=O) groups excluding carboxylic acids is 1. The molecule has 1 fully saturated rings. The second-order valence-corrected chi connectivity index (χ2v) is 5.60. The van der Waals surface area contributed by atoms with Gasteiger partial charge in [-0.15, -0.1) is 0 Å². The van der Waals surface area contributed by atoms with E-state index in [9.17, 15) is 4.79 Å². The third kappa shape index (κ3) is 1.94. The molecule has 0 bridgehead atoms. The van der Waals surface area contributed by atoms with Crippen molar-refractivity contribution in [3.05, 3.63) is 23.0 Å². The van der Waals surface area contributed by atoms with Crippen LogP contribution in [0.15, 0.2) is 6.20 Å². The zero-order valence-corrected chi connectivity index (χ0v) is 11.1. The predicted octanol–water partition coefficient (Wildman–Crippen LogP) is 1.38. The summed E-state index contributed by atoms with van der Waals surface area (Å²) in [7, 11) is 0. The van der Waals surface area contributed by atoms with Crippen LogP contribution in [0.2, 0.25) is 0 Å². The SMILES string of the molecule is CC(=O)N1CC(C)NC(c2c[nH]c3c2CCC3)C1. The van der Waals surface area contributed by atoms with Gasteiger partial charge in [0.15, 0.2) is 0 Å². The molecule has 1 amide bonds. The Morgan fingerprint density at radius 2 is 2.22 bits per heavy atom. The molecule has 1 aliphatic heterocycles. The Morgan fingerprint density at radius 3 is 3.00 bits per heavy atom. The van der Waals surface area contributed by atoms with Crippen LogP contribution in [0.3, 0.4) is 0 Å². The zero-order chi connectivity index (χ0) is 12.7. The number of hydrogen-bond acceptors (Lipinski definition) is 2. The first-order chi connectivity index (χ1) is 8.65. The van der Waals surface area contributed by atoms with Gasteiger partial charge in [0.2, 0.25) is 5.91 Å². The van der Waals surface area contributed by atoms with Crippen LogP contribution >= 0.6 is 0 Å². The van der Waals surface area contributed by atoms with Gasteiger partial charge >= 0.3 is 0 Å². The first-order valence-corrected chi connectivity index (χ1v) is 6.85. The van der Waals surface area contributed by atoms with Gasteiger partial charge in [0, 0.05) is 37.9 Å². The fraction of sp³-hybridized carbons (Fsp3) is 0.643. The van der Waals surface area contributed by atoms with E-state index in [1.54, 1.807) is 6.92 Å². The molecule has 2 aliphatic rings. The number of H-pyrrole nitrogens is 1. The average Bonchev–Trinajstić information content (AvgIpc) is 2.89. The van der Waals surface area contributed by atoms with Crippen LogP contribution in [0.1, 0.15) is 43.1 Å². The maximum Gasteiger partial charge on any atom is 0.219 e. The molecule has 1 aliphatic carbocycles. The molecular weight excluding hydrogens is 226 g/mol. The topological polar surface area (TPSA) is 48.1 Å². The van der Waals surface area contributed by atoms with Crippen LogP contribution in [0, 0.1) is 0 Å². The van der Waals surface area contributed by atoms with E-state index in [1.165, 1.54) is 36.1 Å². The molecule has 0 radical (unpaired) electrons. The summed E-state index contributed by atoms with van der Waals surface area (Å²) in [5.74, 6) is 0.181. The van der Waals surface area contributed by atoms with Gasteiger partial charge in [-0.1, -0.05) is 0 Å². The summed E-state index contributed by atoms with van der Waals surface area (Å²) in [5, 5.41) is 3.62. The molecule has 1 saturated heterocycles. The number of aryl methyl sites for hydroxylation is 1. The van der Waals surface area contributed by atoms with E-state index in [0.29, 0.717) is 6.04 Å². The van der Waals surface area contributed by atoms with E-state index in [-0.39, 0.29) is 11.9 Å². The Labute approximate surface area is 108 Å². The lowest BCUT2D eigenvalue weighted by molar-refractivity contribution is -0.130. The Balaban J connectivity index is 1.84. The standard InChI is InChI=1S/C14H21N3O/c1-9-7-17(10(2)18)8-14(16-9)12-6-15-13-5-3-4-11(12)13/h6,9,14-16H,3-5,7-8H2,1-2H3. The monoisotopic (exact) mass is 247 g/mol. The number of nitrogens with one attached hydrogen (secondary N) is 2. The highest BCUT2D eigenvalue weighted by Gasteiger charge is 2.30. The van der Waals surface area contributed by atoms with E-state index in [0.717, 1.165) is 13.1 Å². The molecule has 0 aromatic carbocycles. The minimum absolute atomic E-state index is 0.181. The molecule has 2 atom stereocenters. The Bertz CT molecular complexity index is 466. The van der Waals surface area contributed by atoms with E-state index < -0.39 is 0 Å². The molecule has 1 aromatic heterocycles. The molecular formula is C14H21N3O.